The third-order valence-corrected chi connectivity index (χ3v) is 5.91. The first-order valence-electron chi connectivity index (χ1n) is 10.9. The highest BCUT2D eigenvalue weighted by Crippen LogP contribution is 2.26. The second-order valence-electron chi connectivity index (χ2n) is 7.94. The molecule has 5 aromatic rings. The molecule has 0 spiro atoms. The van der Waals surface area contributed by atoms with Crippen molar-refractivity contribution < 1.29 is 0 Å². The number of piperazine rings is 1. The molecule has 0 atom stereocenters. The third-order valence-electron chi connectivity index (χ3n) is 5.91. The summed E-state index contributed by atoms with van der Waals surface area (Å²) < 4.78 is 1.89. The zero-order chi connectivity index (χ0) is 21.3. The number of nitrogens with zero attached hydrogens (tertiary/aromatic N) is 5. The normalized spacial score (nSPS) is 14.2. The molecule has 0 saturated carbocycles. The van der Waals surface area contributed by atoms with Gasteiger partial charge >= 0.3 is 0 Å². The molecule has 1 fully saturated rings. The van der Waals surface area contributed by atoms with Crippen molar-refractivity contribution >= 4 is 39.1 Å². The van der Waals surface area contributed by atoms with Crippen LogP contribution in [-0.4, -0.2) is 45.9 Å². The van der Waals surface area contributed by atoms with Crippen molar-refractivity contribution in [1.29, 1.82) is 0 Å². The summed E-state index contributed by atoms with van der Waals surface area (Å²) in [5, 5.41) is 14.5. The summed E-state index contributed by atoms with van der Waals surface area (Å²) in [6, 6.07) is 23.0. The first kappa shape index (κ1) is 18.8. The maximum atomic E-state index is 4.79. The van der Waals surface area contributed by atoms with Crippen molar-refractivity contribution in [2.45, 2.75) is 0 Å². The minimum absolute atomic E-state index is 0.550. The average Bonchev–Trinajstić information content (AvgIpc) is 3.28. The lowest BCUT2D eigenvalue weighted by Gasteiger charge is -2.29. The predicted molar refractivity (Wildman–Crippen MR) is 129 cm³/mol. The Labute approximate surface area is 185 Å². The second-order valence-corrected chi connectivity index (χ2v) is 7.94. The first-order chi connectivity index (χ1) is 15.8. The highest BCUT2D eigenvalue weighted by molar-refractivity contribution is 5.91. The molecule has 0 unspecified atom stereocenters. The van der Waals surface area contributed by atoms with Gasteiger partial charge in [-0.15, -0.1) is 0 Å². The van der Waals surface area contributed by atoms with E-state index >= 15 is 0 Å². The van der Waals surface area contributed by atoms with Crippen LogP contribution in [-0.2, 0) is 0 Å². The highest BCUT2D eigenvalue weighted by Gasteiger charge is 2.12. The third kappa shape index (κ3) is 3.42. The summed E-state index contributed by atoms with van der Waals surface area (Å²) in [4.78, 5) is 11.7. The van der Waals surface area contributed by atoms with E-state index in [1.807, 2.05) is 35.3 Å². The fourth-order valence-corrected chi connectivity index (χ4v) is 4.25. The van der Waals surface area contributed by atoms with Crippen molar-refractivity contribution in [3.05, 3.63) is 79.1 Å². The molecular formula is C25H23N7. The molecule has 3 heterocycles. The number of aromatic nitrogens is 4. The minimum Gasteiger partial charge on any atom is -0.369 e. The van der Waals surface area contributed by atoms with E-state index in [-0.39, 0.29) is 0 Å². The van der Waals surface area contributed by atoms with E-state index in [0.717, 1.165) is 54.0 Å². The molecule has 1 aliphatic rings. The van der Waals surface area contributed by atoms with E-state index in [1.54, 1.807) is 0 Å². The number of hydrogen-bond donors (Lipinski definition) is 2. The summed E-state index contributed by atoms with van der Waals surface area (Å²) in [6.07, 6.45) is 3.62. The lowest BCUT2D eigenvalue weighted by atomic mass is 10.1. The van der Waals surface area contributed by atoms with Crippen molar-refractivity contribution in [2.24, 2.45) is 0 Å². The van der Waals surface area contributed by atoms with E-state index in [9.17, 15) is 0 Å². The Morgan fingerprint density at radius 2 is 1.62 bits per heavy atom. The summed E-state index contributed by atoms with van der Waals surface area (Å²) in [5.74, 6) is 0.550. The van der Waals surface area contributed by atoms with Crippen LogP contribution >= 0.6 is 0 Å². The van der Waals surface area contributed by atoms with Crippen LogP contribution in [0.25, 0.3) is 27.5 Å². The molecule has 7 nitrogen and oxygen atoms in total. The van der Waals surface area contributed by atoms with Gasteiger partial charge in [0.05, 0.1) is 17.3 Å². The molecule has 2 aromatic heterocycles. The minimum atomic E-state index is 0.550. The smallest absolute Gasteiger partial charge is 0.229 e. The monoisotopic (exact) mass is 421 g/mol. The summed E-state index contributed by atoms with van der Waals surface area (Å²) in [5.41, 5.74) is 3.97. The lowest BCUT2D eigenvalue weighted by Crippen LogP contribution is -2.43. The number of hydrogen-bond acceptors (Lipinski definition) is 6. The Morgan fingerprint density at radius 1 is 0.812 bits per heavy atom. The van der Waals surface area contributed by atoms with Crippen LogP contribution in [0.5, 0.6) is 0 Å². The number of benzene rings is 3. The standard InChI is InChI=1S/C25H23N7/c1-2-6-22-18(4-1)5-3-7-23(22)32-24-19(17-28-32)16-27-25(30-24)29-20-8-10-21(11-9-20)31-14-12-26-13-15-31/h1-11,16-17,26H,12-15H2,(H,27,29,30). The fourth-order valence-electron chi connectivity index (χ4n) is 4.25. The van der Waals surface area contributed by atoms with E-state index < -0.39 is 0 Å². The largest absolute Gasteiger partial charge is 0.369 e. The molecule has 0 amide bonds. The zero-order valence-corrected chi connectivity index (χ0v) is 17.6. The lowest BCUT2D eigenvalue weighted by molar-refractivity contribution is 0.589. The van der Waals surface area contributed by atoms with Crippen LogP contribution < -0.4 is 15.5 Å². The molecule has 0 radical (unpaired) electrons. The van der Waals surface area contributed by atoms with Gasteiger partial charge in [0.2, 0.25) is 5.95 Å². The second kappa shape index (κ2) is 7.94. The molecule has 158 valence electrons. The zero-order valence-electron chi connectivity index (χ0n) is 17.6. The first-order valence-corrected chi connectivity index (χ1v) is 10.9. The molecule has 0 aliphatic carbocycles. The van der Waals surface area contributed by atoms with E-state index in [2.05, 4.69) is 74.1 Å². The van der Waals surface area contributed by atoms with E-state index in [0.29, 0.717) is 5.95 Å². The number of nitrogens with one attached hydrogen (secondary N) is 2. The number of fused-ring (bicyclic) bond motifs is 2. The van der Waals surface area contributed by atoms with Gasteiger partial charge in [0.25, 0.3) is 0 Å². The summed E-state index contributed by atoms with van der Waals surface area (Å²) >= 11 is 0. The Balaban J connectivity index is 1.31. The molecule has 2 N–H and O–H groups in total. The van der Waals surface area contributed by atoms with Gasteiger partial charge in [-0.2, -0.15) is 10.1 Å². The van der Waals surface area contributed by atoms with Gasteiger partial charge in [-0.05, 0) is 35.7 Å². The van der Waals surface area contributed by atoms with Gasteiger partial charge in [-0.25, -0.2) is 9.67 Å². The van der Waals surface area contributed by atoms with Gasteiger partial charge < -0.3 is 15.5 Å². The highest BCUT2D eigenvalue weighted by atomic mass is 15.3. The Kier molecular flexibility index (Phi) is 4.66. The molecule has 1 saturated heterocycles. The molecule has 0 bridgehead atoms. The van der Waals surface area contributed by atoms with Crippen molar-refractivity contribution in [3.63, 3.8) is 0 Å². The molecular weight excluding hydrogens is 398 g/mol. The average molecular weight is 422 g/mol. The fraction of sp³-hybridized carbons (Fsp3) is 0.160. The van der Waals surface area contributed by atoms with Crippen LogP contribution in [0.4, 0.5) is 17.3 Å². The Bertz CT molecular complexity index is 1380. The molecule has 7 heteroatoms. The van der Waals surface area contributed by atoms with Gasteiger partial charge in [0.15, 0.2) is 5.65 Å². The van der Waals surface area contributed by atoms with Crippen LogP contribution in [0.15, 0.2) is 79.1 Å². The van der Waals surface area contributed by atoms with Gasteiger partial charge in [0, 0.05) is 49.1 Å². The molecule has 6 rings (SSSR count). The van der Waals surface area contributed by atoms with Crippen LogP contribution in [0.3, 0.4) is 0 Å². The summed E-state index contributed by atoms with van der Waals surface area (Å²) in [6.45, 7) is 4.12. The SMILES string of the molecule is c1ccc2c(-n3ncc4cnc(Nc5ccc(N6CCNCC6)cc5)nc43)cccc2c1. The number of rotatable bonds is 4. The van der Waals surface area contributed by atoms with Gasteiger partial charge in [-0.1, -0.05) is 36.4 Å². The number of anilines is 3. The molecule has 32 heavy (non-hydrogen) atoms. The van der Waals surface area contributed by atoms with Gasteiger partial charge in [0.1, 0.15) is 0 Å². The Hall–Kier alpha value is -3.97. The van der Waals surface area contributed by atoms with Gasteiger partial charge in [-0.3, -0.25) is 0 Å². The summed E-state index contributed by atoms with van der Waals surface area (Å²) in [7, 11) is 0. The van der Waals surface area contributed by atoms with Crippen molar-refractivity contribution in [2.75, 3.05) is 36.4 Å². The quantitative estimate of drug-likeness (QED) is 0.455. The maximum absolute atomic E-state index is 4.79. The molecule has 1 aliphatic heterocycles. The topological polar surface area (TPSA) is 70.9 Å². The van der Waals surface area contributed by atoms with Crippen LogP contribution in [0.1, 0.15) is 0 Å². The van der Waals surface area contributed by atoms with E-state index in [4.69, 9.17) is 4.98 Å². The van der Waals surface area contributed by atoms with E-state index in [1.165, 1.54) is 11.1 Å². The van der Waals surface area contributed by atoms with Crippen LogP contribution in [0, 0.1) is 0 Å². The predicted octanol–water partition coefficient (Wildman–Crippen LogP) is 4.12. The van der Waals surface area contributed by atoms with Crippen molar-refractivity contribution in [1.82, 2.24) is 25.1 Å². The maximum Gasteiger partial charge on any atom is 0.229 e. The van der Waals surface area contributed by atoms with Crippen LogP contribution in [0.2, 0.25) is 0 Å². The van der Waals surface area contributed by atoms with Crippen molar-refractivity contribution in [3.8, 4) is 5.69 Å². The molecule has 3 aromatic carbocycles. The Morgan fingerprint density at radius 3 is 2.50 bits per heavy atom.